The first-order valence-corrected chi connectivity index (χ1v) is 35.3. The van der Waals surface area contributed by atoms with Gasteiger partial charge in [-0.2, -0.15) is 0 Å². The van der Waals surface area contributed by atoms with Crippen molar-refractivity contribution in [2.24, 2.45) is 41.4 Å². The van der Waals surface area contributed by atoms with Crippen molar-refractivity contribution in [3.63, 3.8) is 0 Å². The summed E-state index contributed by atoms with van der Waals surface area (Å²) < 4.78 is 118. The zero-order chi connectivity index (χ0) is 82.2. The fraction of sp³-hybridized carbons (Fsp3) is 0.310. The van der Waals surface area contributed by atoms with Gasteiger partial charge in [0.1, 0.15) is 34.5 Å². The van der Waals surface area contributed by atoms with Gasteiger partial charge in [-0.25, -0.2) is 0 Å². The predicted octanol–water partition coefficient (Wildman–Crippen LogP) is 13.7. The molecule has 0 amide bonds. The molecule has 16 heteroatoms. The van der Waals surface area contributed by atoms with E-state index in [1.165, 1.54) is 24.3 Å². The van der Waals surface area contributed by atoms with Crippen LogP contribution in [0.25, 0.3) is 65.4 Å². The molecule has 0 fully saturated rings. The van der Waals surface area contributed by atoms with Gasteiger partial charge in [0.2, 0.25) is 15.8 Å². The van der Waals surface area contributed by atoms with E-state index in [0.29, 0.717) is 32.2 Å². The first kappa shape index (κ1) is 53.9. The number of phenolic OH excluding ortho intramolecular Hbond substituents is 6. The van der Waals surface area contributed by atoms with E-state index in [-0.39, 0.29) is 127 Å². The van der Waals surface area contributed by atoms with Crippen LogP contribution in [0.1, 0.15) is 103 Å². The van der Waals surface area contributed by atoms with Crippen LogP contribution in [0.2, 0.25) is 0 Å². The molecule has 21 rings (SSSR count). The molecule has 0 saturated heterocycles. The van der Waals surface area contributed by atoms with E-state index in [1.54, 1.807) is 48.5 Å². The van der Waals surface area contributed by atoms with Gasteiger partial charge in [0.05, 0.1) is 38.4 Å². The first-order chi connectivity index (χ1) is 56.8. The number of hydrogen-bond donors (Lipinski definition) is 13. The molecule has 10 aromatic carbocycles. The van der Waals surface area contributed by atoms with Crippen LogP contribution in [0.5, 0.6) is 34.5 Å². The Morgan fingerprint density at radius 2 is 0.816 bits per heavy atom. The van der Waals surface area contributed by atoms with E-state index < -0.39 is 16.6 Å². The van der Waals surface area contributed by atoms with E-state index >= 15 is 0 Å². The minimum absolute atomic E-state index is 0.0375. The standard InChI is InChI=1S/C52H51N3O5.C35H38O8/c1-30-22-53-45-10-4-32(25-56)16-38(45)40-18-34(6-12-47(40)53)51(3,27-58)35-7-13-49-41(19-35)43-21-37-9-15-50(43)55(49)24-44(30)31(2)23-54-46-11-5-33(26-57)17-39(46)42-20-36(8-14-48(42)54)52(37,28-59)29-60;1-19-3-21-5-25(15-27(36)7-21)35(42,43)26-6-23(10-28(37)16-26)13-33(19)34(14-24-11-31(40)18-32(41)12-24)20(2)4-22-8-29(38)17-30(39)9-22/h4-21,30-31,44,56-60H,22-29H2,1-3H3;5-12,15-20,33-34,36-43H,3-4,13-14H2,1-2H3/i3D,56D,57D,58D,59D,60D;42D,43D/hD6. The van der Waals surface area contributed by atoms with Crippen molar-refractivity contribution in [3.8, 4) is 34.5 Å². The summed E-state index contributed by atoms with van der Waals surface area (Å²) in [6, 6.07) is 58.1. The molecule has 7 aliphatic heterocycles. The number of aromatic hydroxyl groups is 6. The van der Waals surface area contributed by atoms with E-state index in [9.17, 15) is 1.37 Å². The Balaban J connectivity index is 0.000000190. The Morgan fingerprint density at radius 1 is 0.398 bits per heavy atom. The summed E-state index contributed by atoms with van der Waals surface area (Å²) >= 11 is 0. The minimum Gasteiger partial charge on any atom is -0.508 e. The lowest BCUT2D eigenvalue weighted by Gasteiger charge is -2.37. The van der Waals surface area contributed by atoms with Crippen molar-refractivity contribution in [1.29, 1.82) is 18.6 Å². The Hall–Kier alpha value is -9.88. The van der Waals surface area contributed by atoms with Crippen molar-refractivity contribution >= 4 is 65.4 Å². The summed E-state index contributed by atoms with van der Waals surface area (Å²) in [5.41, 5.74) is 13.0. The highest BCUT2D eigenvalue weighted by atomic mass is 16.5. The highest BCUT2D eigenvalue weighted by Crippen LogP contribution is 2.47. The van der Waals surface area contributed by atoms with Gasteiger partial charge < -0.3 is 80.1 Å². The predicted molar refractivity (Wildman–Crippen MR) is 402 cm³/mol. The van der Waals surface area contributed by atoms with Crippen LogP contribution in [0.3, 0.4) is 0 Å². The molecular weight excluding hydrogens is 1290 g/mol. The number of aliphatic hydroxyl groups excluding tert-OH is 5. The zero-order valence-corrected chi connectivity index (χ0v) is 57.7. The summed E-state index contributed by atoms with van der Waals surface area (Å²) in [6.45, 7) is 11.2. The molecule has 10 heterocycles. The summed E-state index contributed by atoms with van der Waals surface area (Å²) in [7, 11) is 0. The first-order valence-electron chi connectivity index (χ1n) is 41.4. The van der Waals surface area contributed by atoms with Gasteiger partial charge in [-0.15, -0.1) is 0 Å². The molecule has 3 aromatic heterocycles. The molecule has 8 unspecified atom stereocenters. The number of benzene rings is 10. The number of aliphatic hydroxyl groups is 7. The summed E-state index contributed by atoms with van der Waals surface area (Å²) in [5.74, 6) is -0.854. The SMILES string of the molecule is [2H]CC1(CO[2H])c2ccc3c(c2)c2cc(CO[2H])ccc2n3CC(C)C2Cn3c4ccc1cc4c1cc(ccc13)C(CO[2H])(CO[2H])c1ccc3c(c1)c1cc(CO[2H])ccc1n3CC2C.[2H]Oc1cc(CC(C)C(Cc2cc(O[2H])cc(O[2H])c2)C2Cc3cc(O[2H])cc(c3)C(O[2H])(O[2H])c3cc(cc(O[2H])c3)CC2C)cc(O[2H])c1. The van der Waals surface area contributed by atoms with Crippen molar-refractivity contribution < 1.29 is 67.8 Å². The molecule has 16 nitrogen and oxygen atoms in total. The Labute approximate surface area is 617 Å². The normalized spacial score (nSPS) is 22.2. The van der Waals surface area contributed by atoms with Crippen LogP contribution in [0, 0.1) is 41.4 Å². The van der Waals surface area contributed by atoms with E-state index in [4.69, 9.17) is 85.0 Å². The Bertz CT molecular complexity index is 5760. The molecule has 530 valence electrons. The van der Waals surface area contributed by atoms with Crippen molar-refractivity contribution in [1.82, 2.24) is 13.7 Å². The fourth-order valence-electron chi connectivity index (χ4n) is 18.0. The van der Waals surface area contributed by atoms with Gasteiger partial charge in [-0.05, 0) is 263 Å². The second-order valence-electron chi connectivity index (χ2n) is 30.0. The maximum absolute atomic E-state index is 9.27. The van der Waals surface area contributed by atoms with Crippen LogP contribution in [0.4, 0.5) is 0 Å². The van der Waals surface area contributed by atoms with E-state index in [2.05, 4.69) is 138 Å². The number of rotatable bonds is 24. The van der Waals surface area contributed by atoms with E-state index in [1.807, 2.05) is 12.1 Å². The van der Waals surface area contributed by atoms with Crippen LogP contribution >= 0.6 is 0 Å². The molecule has 0 radical (unpaired) electrons. The van der Waals surface area contributed by atoms with Crippen LogP contribution in [-0.2, 0) is 75.1 Å². The highest BCUT2D eigenvalue weighted by molar-refractivity contribution is 6.11. The van der Waals surface area contributed by atoms with Crippen molar-refractivity contribution in [2.45, 2.75) is 110 Å². The zero-order valence-electron chi connectivity index (χ0n) is 71.7. The molecule has 13 aromatic rings. The molecule has 13 N–H and O–H groups in total. The molecule has 8 atom stereocenters. The van der Waals surface area contributed by atoms with Crippen LogP contribution in [-0.4, -0.2) is 119 Å². The second-order valence-corrected chi connectivity index (χ2v) is 30.0. The highest BCUT2D eigenvalue weighted by Gasteiger charge is 2.40. The maximum atomic E-state index is 9.27. The Morgan fingerprint density at radius 3 is 1.26 bits per heavy atom. The largest absolute Gasteiger partial charge is 0.508 e. The quantitative estimate of drug-likeness (QED) is 0.0251. The summed E-state index contributed by atoms with van der Waals surface area (Å²) in [5, 5.41) is 71.0. The van der Waals surface area contributed by atoms with Gasteiger partial charge >= 0.3 is 0 Å². The maximum Gasteiger partial charge on any atom is 0.293 e. The van der Waals surface area contributed by atoms with Gasteiger partial charge in [0.25, 0.3) is 8.59 Å². The molecule has 0 spiro atoms. The monoisotopic (exact) mass is 1400 g/mol. The molecule has 1 aliphatic carbocycles. The topological polar surface area (TPSA) is 278 Å². The molecule has 20 bridgehead atoms. The number of nitrogens with zero attached hydrogens (tertiary/aromatic N) is 3. The van der Waals surface area contributed by atoms with E-state index in [0.717, 1.165) is 134 Å². The minimum atomic E-state index is -2.06. The van der Waals surface area contributed by atoms with Crippen molar-refractivity contribution in [2.75, 3.05) is 19.8 Å². The summed E-state index contributed by atoms with van der Waals surface area (Å²) in [6.07, 6.45) is 1.88. The fourth-order valence-corrected chi connectivity index (χ4v) is 18.0. The second kappa shape index (κ2) is 26.4. The molecule has 8 aliphatic rings. The smallest absolute Gasteiger partial charge is 0.293 e. The lowest BCUT2D eigenvalue weighted by atomic mass is 9.68. The van der Waals surface area contributed by atoms with Gasteiger partial charge in [-0.3, -0.25) is 0 Å². The number of hydrogen-bond acceptors (Lipinski definition) is 13. The third-order valence-corrected chi connectivity index (χ3v) is 23.4. The third kappa shape index (κ3) is 12.1. The van der Waals surface area contributed by atoms with Crippen LogP contribution in [0.15, 0.2) is 182 Å². The third-order valence-electron chi connectivity index (χ3n) is 23.4. The van der Waals surface area contributed by atoms with Gasteiger partial charge in [0.15, 0.2) is 0 Å². The number of aromatic nitrogens is 3. The molecular formula is C87H89N3O13. The average molecular weight is 1400 g/mol. The van der Waals surface area contributed by atoms with Gasteiger partial charge in [-0.1, -0.05) is 64.1 Å². The number of phenols is 6. The number of fused-ring (bicyclic) bond motifs is 6. The Kier molecular flexibility index (Phi) is 13.8. The van der Waals surface area contributed by atoms with Crippen LogP contribution < -0.4 is 0 Å². The lowest BCUT2D eigenvalue weighted by molar-refractivity contribution is -0.132. The lowest BCUT2D eigenvalue weighted by Crippen LogP contribution is -2.36. The van der Waals surface area contributed by atoms with Gasteiger partial charge in [0, 0.05) is 115 Å². The average Bonchev–Trinajstić information content (AvgIpc) is 1.58. The molecule has 0 saturated carbocycles. The van der Waals surface area contributed by atoms with Crippen molar-refractivity contribution in [3.05, 3.63) is 249 Å². The molecule has 103 heavy (non-hydrogen) atoms. The summed E-state index contributed by atoms with van der Waals surface area (Å²) in [4.78, 5) is 0.